The third kappa shape index (κ3) is 22.0. The number of benzene rings is 4. The van der Waals surface area contributed by atoms with E-state index in [4.69, 9.17) is 64.5 Å². The molecule has 0 unspecified atom stereocenters. The van der Waals surface area contributed by atoms with Gasteiger partial charge in [-0.15, -0.1) is 20.4 Å². The summed E-state index contributed by atoms with van der Waals surface area (Å²) in [5.74, 6) is -0.987. The van der Waals surface area contributed by atoms with Crippen molar-refractivity contribution in [1.29, 1.82) is 5.41 Å². The minimum atomic E-state index is -0.965. The quantitative estimate of drug-likeness (QED) is 0.0449. The number of amides is 1. The van der Waals surface area contributed by atoms with E-state index in [1.807, 2.05) is 42.5 Å². The van der Waals surface area contributed by atoms with Crippen LogP contribution < -0.4 is 16.8 Å². The molecule has 0 aliphatic rings. The summed E-state index contributed by atoms with van der Waals surface area (Å²) < 4.78 is 11.6. The fourth-order valence-electron chi connectivity index (χ4n) is 5.29. The Morgan fingerprint density at radius 3 is 1.17 bits per heavy atom. The lowest BCUT2D eigenvalue weighted by Gasteiger charge is -2.05. The van der Waals surface area contributed by atoms with Crippen molar-refractivity contribution in [3.63, 3.8) is 0 Å². The van der Waals surface area contributed by atoms with Crippen molar-refractivity contribution in [2.24, 2.45) is 35.8 Å². The molecule has 0 aliphatic carbocycles. The summed E-state index contributed by atoms with van der Waals surface area (Å²) in [6.45, 7) is 1.45. The molecule has 12 rings (SSSR count). The Kier molecular flexibility index (Phi) is 25.7. The molecule has 8 aromatic heterocycles. The number of hydrogen-bond acceptors (Lipinski definition) is 30. The van der Waals surface area contributed by atoms with Gasteiger partial charge in [0.25, 0.3) is 0 Å². The van der Waals surface area contributed by atoms with Gasteiger partial charge in [-0.2, -0.15) is 41.7 Å². The second kappa shape index (κ2) is 34.0. The van der Waals surface area contributed by atoms with Gasteiger partial charge in [0.15, 0.2) is 5.96 Å². The first kappa shape index (κ1) is 65.2. The number of H-pyrrole nitrogens is 8. The van der Waals surface area contributed by atoms with Gasteiger partial charge in [-0.1, -0.05) is 96.3 Å². The fraction of sp³-hybridized carbons (Fsp3) is 0.0789. The number of aromatic nitrogens is 32. The summed E-state index contributed by atoms with van der Waals surface area (Å²) in [6, 6.07) is 29.6. The van der Waals surface area contributed by atoms with Crippen LogP contribution in [0.1, 0.15) is 17.3 Å². The zero-order valence-electron chi connectivity index (χ0n) is 43.8. The number of nitrogens with zero attached hydrogens (tertiary/aromatic N) is 26. The second-order valence-corrected chi connectivity index (χ2v) is 17.2. The number of carbonyl (C=O) groups excluding carboxylic acids is 1. The SMILES string of the molecule is CC(=O)Nc1cccc(-n2[nH]nnc2=S)c1.Cn1[nH]nnc1=S.Cn1[nH]nnc1=S.N(=Nc1nn[nH]n1)c1nn[nH]n1.N=C(N)N.O=C(O)c1ccc(-n2[nH]nnc2=S)cc1.Oc1ccc(-n2[nH]nnc2=S)cc1.S=c1nn[nH]n1-c1ccccc1. The third-order valence-corrected chi connectivity index (χ3v) is 10.7. The number of carbonyl (C=O) groups is 2. The van der Waals surface area contributed by atoms with Crippen molar-refractivity contribution in [1.82, 2.24) is 162 Å². The Hall–Kier alpha value is -11.6. The number of anilines is 1. The van der Waals surface area contributed by atoms with Crippen LogP contribution in [-0.2, 0) is 18.9 Å². The first-order valence-corrected chi connectivity index (χ1v) is 25.2. The molecule has 86 heavy (non-hydrogen) atoms. The van der Waals surface area contributed by atoms with E-state index < -0.39 is 5.97 Å². The van der Waals surface area contributed by atoms with Crippen molar-refractivity contribution in [2.45, 2.75) is 6.92 Å². The number of azo groups is 1. The molecule has 0 saturated heterocycles. The summed E-state index contributed by atoms with van der Waals surface area (Å²) in [6.07, 6.45) is 0. The first-order valence-electron chi connectivity index (χ1n) is 22.7. The highest BCUT2D eigenvalue weighted by Gasteiger charge is 2.05. The van der Waals surface area contributed by atoms with Gasteiger partial charge in [0.05, 0.1) is 28.3 Å². The third-order valence-electron chi connectivity index (χ3n) is 8.94. The maximum absolute atomic E-state index is 10.9. The molecule has 0 bridgehead atoms. The van der Waals surface area contributed by atoms with Crippen LogP contribution in [0, 0.1) is 34.0 Å². The average molecular weight is 1290 g/mol. The largest absolute Gasteiger partial charge is 0.508 e. The Morgan fingerprint density at radius 2 is 0.860 bits per heavy atom. The van der Waals surface area contributed by atoms with Gasteiger partial charge in [0.2, 0.25) is 34.5 Å². The number of phenolic OH excluding ortho intramolecular Hbond substituents is 1. The van der Waals surface area contributed by atoms with Crippen LogP contribution in [0.2, 0.25) is 0 Å². The highest BCUT2D eigenvalue weighted by molar-refractivity contribution is 7.72. The van der Waals surface area contributed by atoms with Crippen molar-refractivity contribution in [3.05, 3.63) is 137 Å². The summed E-state index contributed by atoms with van der Waals surface area (Å²) >= 11 is 29.0. The summed E-state index contributed by atoms with van der Waals surface area (Å²) in [5, 5.41) is 117. The predicted molar refractivity (Wildman–Crippen MR) is 310 cm³/mol. The lowest BCUT2D eigenvalue weighted by Crippen LogP contribution is -2.20. The Labute approximate surface area is 507 Å². The molecule has 444 valence electrons. The number of aromatic carboxylic acids is 1. The van der Waals surface area contributed by atoms with Gasteiger partial charge >= 0.3 is 17.9 Å². The van der Waals surface area contributed by atoms with E-state index >= 15 is 0 Å². The van der Waals surface area contributed by atoms with E-state index in [0.29, 0.717) is 35.2 Å². The van der Waals surface area contributed by atoms with E-state index in [1.165, 1.54) is 28.4 Å². The van der Waals surface area contributed by atoms with Crippen LogP contribution in [0.15, 0.2) is 113 Å². The molecule has 4 aromatic carbocycles. The molecule has 0 saturated carbocycles. The number of tetrazole rings is 8. The molecule has 0 fully saturated rings. The van der Waals surface area contributed by atoms with Crippen molar-refractivity contribution >= 4 is 109 Å². The molecule has 8 heterocycles. The van der Waals surface area contributed by atoms with Crippen molar-refractivity contribution in [2.75, 3.05) is 5.32 Å². The number of aryl methyl sites for hydroxylation is 2. The van der Waals surface area contributed by atoms with E-state index in [9.17, 15) is 9.59 Å². The summed E-state index contributed by atoms with van der Waals surface area (Å²) in [4.78, 5) is 21.5. The van der Waals surface area contributed by atoms with E-state index in [-0.39, 0.29) is 39.8 Å². The number of hydrogen-bond donors (Lipinski definition) is 14. The normalized spacial score (nSPS) is 9.90. The Bertz CT molecular complexity index is 4270. The zero-order chi connectivity index (χ0) is 62.4. The molecule has 1 amide bonds. The number of aromatic hydroxyl groups is 1. The standard InChI is InChI=1S/C9H9N5OS.C8H6N4O2S.C7H6N4OS.C7H6N4S.C2H2N10.2C2H4N4S.CH5N3/c1-6(15)10-7-3-2-4-8(5-7)14-9(16)11-12-13-14;13-7(14)5-1-3-6(4-2-5)12-8(15)9-10-11-12;12-6-3-1-5(2-4-6)11-7(13)8-9-10-11;12-7-8-9-10-11(7)6-4-2-1-3-5-6;3(1-5-9-10-6-1)4-2-7-11-12-8-2;2*1-6-2(7)3-4-5-6;2-1(3)4/h2-5H,1H3,(H,10,15)(H,11,13,16);1-4H,(H,13,14)(H,9,11,15);1-4,12H,(H,8,10,13);1-5H,(H,8,10,12);(H,5,6,9,10)(H,7,8,11,12);2*1H3,(H,3,5,7);(H5,2,3,4). The van der Waals surface area contributed by atoms with Crippen LogP contribution in [0.5, 0.6) is 5.75 Å². The molecular formula is C38H42N38O4S6. The van der Waals surface area contributed by atoms with Crippen LogP contribution in [-0.4, -0.2) is 191 Å². The zero-order valence-corrected chi connectivity index (χ0v) is 48.7. The first-order chi connectivity index (χ1) is 41.3. The minimum absolute atomic E-state index is 0.111. The van der Waals surface area contributed by atoms with Gasteiger partial charge in [0, 0.05) is 26.7 Å². The number of guanidine groups is 1. The summed E-state index contributed by atoms with van der Waals surface area (Å²) in [7, 11) is 3.50. The van der Waals surface area contributed by atoms with Gasteiger partial charge in [-0.25, -0.2) is 32.9 Å². The number of rotatable bonds is 8. The molecule has 0 atom stereocenters. The fourth-order valence-corrected chi connectivity index (χ4v) is 6.20. The molecule has 0 spiro atoms. The van der Waals surface area contributed by atoms with Crippen molar-refractivity contribution in [3.8, 4) is 28.5 Å². The number of carboxylic acids is 1. The summed E-state index contributed by atoms with van der Waals surface area (Å²) in [5.41, 5.74) is 13.0. The lowest BCUT2D eigenvalue weighted by atomic mass is 10.2. The van der Waals surface area contributed by atoms with Gasteiger partial charge < -0.3 is 27.0 Å². The van der Waals surface area contributed by atoms with Gasteiger partial charge in [-0.05, 0) is 163 Å². The van der Waals surface area contributed by atoms with Gasteiger partial charge in [-0.3, -0.25) is 10.2 Å². The van der Waals surface area contributed by atoms with Crippen molar-refractivity contribution < 1.29 is 19.8 Å². The lowest BCUT2D eigenvalue weighted by molar-refractivity contribution is -0.114. The van der Waals surface area contributed by atoms with E-state index in [0.717, 1.165) is 17.1 Å². The van der Waals surface area contributed by atoms with Crippen LogP contribution in [0.4, 0.5) is 17.6 Å². The van der Waals surface area contributed by atoms with Gasteiger partial charge in [0.1, 0.15) is 5.75 Å². The maximum atomic E-state index is 10.9. The molecule has 12 aromatic rings. The highest BCUT2D eigenvalue weighted by atomic mass is 32.1. The topological polar surface area (TPSA) is 575 Å². The maximum Gasteiger partial charge on any atom is 0.335 e. The number of phenols is 1. The number of aromatic amines is 8. The minimum Gasteiger partial charge on any atom is -0.508 e. The van der Waals surface area contributed by atoms with E-state index in [1.54, 1.807) is 81.4 Å². The number of carboxylic acid groups (broad SMARTS) is 1. The second-order valence-electron chi connectivity index (χ2n) is 15.0. The highest BCUT2D eigenvalue weighted by Crippen LogP contribution is 2.15. The van der Waals surface area contributed by atoms with Crippen LogP contribution in [0.3, 0.4) is 0 Å². The number of nitrogens with two attached hydrogens (primary N) is 2. The molecular weight excluding hydrogens is 1250 g/mol. The van der Waals surface area contributed by atoms with Crippen LogP contribution in [0.25, 0.3) is 22.7 Å². The Balaban J connectivity index is 0.000000184. The molecule has 42 nitrogen and oxygen atoms in total. The monoisotopic (exact) mass is 1290 g/mol. The predicted octanol–water partition coefficient (Wildman–Crippen LogP) is 2.37. The molecule has 0 aliphatic heterocycles. The number of nitrogens with one attached hydrogen (secondary N) is 10. The molecule has 16 N–H and O–H groups in total. The number of para-hydroxylation sites is 1. The molecule has 0 radical (unpaired) electrons. The Morgan fingerprint density at radius 1 is 0.500 bits per heavy atom. The molecule has 48 heteroatoms. The smallest absolute Gasteiger partial charge is 0.335 e. The van der Waals surface area contributed by atoms with E-state index in [2.05, 4.69) is 186 Å². The average Bonchev–Trinajstić information content (AvgIpc) is 4.49. The van der Waals surface area contributed by atoms with Crippen LogP contribution >= 0.6 is 73.3 Å².